The van der Waals surface area contributed by atoms with Crippen molar-refractivity contribution in [2.45, 2.75) is 6.54 Å². The second-order valence-electron chi connectivity index (χ2n) is 7.38. The van der Waals surface area contributed by atoms with Crippen LogP contribution >= 0.6 is 0 Å². The van der Waals surface area contributed by atoms with E-state index in [0.29, 0.717) is 61.1 Å². The monoisotopic (exact) mass is 434 g/mol. The van der Waals surface area contributed by atoms with Crippen molar-refractivity contribution >= 4 is 22.9 Å². The third-order valence-electron chi connectivity index (χ3n) is 5.33. The first-order valence-electron chi connectivity index (χ1n) is 10.1. The van der Waals surface area contributed by atoms with Crippen LogP contribution < -0.4 is 4.90 Å². The number of piperazine rings is 1. The second-order valence-corrected chi connectivity index (χ2v) is 7.38. The quantitative estimate of drug-likeness (QED) is 0.520. The second kappa shape index (κ2) is 8.17. The lowest BCUT2D eigenvalue weighted by Crippen LogP contribution is -2.48. The number of hydrogen-bond donors (Lipinski definition) is 1. The van der Waals surface area contributed by atoms with E-state index in [2.05, 4.69) is 15.1 Å². The molecule has 0 saturated carbocycles. The maximum Gasteiger partial charge on any atom is 0.407 e. The minimum atomic E-state index is -0.930. The summed E-state index contributed by atoms with van der Waals surface area (Å²) in [5, 5.41) is 13.4. The number of halogens is 1. The largest absolute Gasteiger partial charge is 0.465 e. The first-order valence-corrected chi connectivity index (χ1v) is 10.1. The van der Waals surface area contributed by atoms with E-state index in [9.17, 15) is 14.3 Å². The Morgan fingerprint density at radius 1 is 1.00 bits per heavy atom. The van der Waals surface area contributed by atoms with E-state index >= 15 is 0 Å². The van der Waals surface area contributed by atoms with E-state index in [1.165, 1.54) is 23.4 Å². The Kier molecular flexibility index (Phi) is 5.06. The van der Waals surface area contributed by atoms with E-state index in [0.717, 1.165) is 5.56 Å². The standard InChI is InChI=1S/C21H19FN8O2/c22-15-3-1-14(2-4-15)16-5-6-17-19(26-16)20(28-7-9-29(10-8-28)21(31)32)27-18(25-17)11-30-13-23-12-24-30/h1-6,12-13H,7-11H2,(H,31,32). The zero-order valence-corrected chi connectivity index (χ0v) is 17.0. The number of carboxylic acid groups (broad SMARTS) is 1. The van der Waals surface area contributed by atoms with Gasteiger partial charge in [-0.15, -0.1) is 0 Å². The van der Waals surface area contributed by atoms with Crippen LogP contribution in [0.5, 0.6) is 0 Å². The van der Waals surface area contributed by atoms with E-state index in [1.54, 1.807) is 23.1 Å². The molecule has 1 N–H and O–H groups in total. The fourth-order valence-corrected chi connectivity index (χ4v) is 3.69. The number of anilines is 1. The predicted molar refractivity (Wildman–Crippen MR) is 114 cm³/mol. The van der Waals surface area contributed by atoms with Gasteiger partial charge in [-0.05, 0) is 36.4 Å². The molecule has 1 amide bonds. The molecule has 0 radical (unpaired) electrons. The molecular formula is C21H19FN8O2. The summed E-state index contributed by atoms with van der Waals surface area (Å²) in [6, 6.07) is 9.85. The average molecular weight is 434 g/mol. The van der Waals surface area contributed by atoms with Crippen molar-refractivity contribution in [3.63, 3.8) is 0 Å². The number of fused-ring (bicyclic) bond motifs is 1. The molecular weight excluding hydrogens is 415 g/mol. The summed E-state index contributed by atoms with van der Waals surface area (Å²) in [6.07, 6.45) is 2.11. The van der Waals surface area contributed by atoms with Crippen LogP contribution in [0.25, 0.3) is 22.3 Å². The van der Waals surface area contributed by atoms with Crippen molar-refractivity contribution in [2.75, 3.05) is 31.1 Å². The van der Waals surface area contributed by atoms with Gasteiger partial charge in [-0.3, -0.25) is 0 Å². The number of benzene rings is 1. The summed E-state index contributed by atoms with van der Waals surface area (Å²) >= 11 is 0. The average Bonchev–Trinajstić information content (AvgIpc) is 3.32. The molecule has 0 aliphatic carbocycles. The van der Waals surface area contributed by atoms with Crippen LogP contribution in [-0.2, 0) is 6.54 Å². The molecule has 5 rings (SSSR count). The van der Waals surface area contributed by atoms with Crippen molar-refractivity contribution in [3.8, 4) is 11.3 Å². The fourth-order valence-electron chi connectivity index (χ4n) is 3.69. The molecule has 1 aliphatic rings. The smallest absolute Gasteiger partial charge is 0.407 e. The van der Waals surface area contributed by atoms with Gasteiger partial charge in [-0.2, -0.15) is 5.10 Å². The van der Waals surface area contributed by atoms with Gasteiger partial charge in [0.25, 0.3) is 0 Å². The van der Waals surface area contributed by atoms with Gasteiger partial charge in [0.2, 0.25) is 0 Å². The van der Waals surface area contributed by atoms with Gasteiger partial charge in [0.05, 0.1) is 11.2 Å². The number of hydrogen-bond acceptors (Lipinski definition) is 7. The Morgan fingerprint density at radius 3 is 2.47 bits per heavy atom. The van der Waals surface area contributed by atoms with Crippen molar-refractivity contribution in [2.24, 2.45) is 0 Å². The number of carbonyl (C=O) groups is 1. The number of aromatic nitrogens is 6. The van der Waals surface area contributed by atoms with Crippen LogP contribution in [0.2, 0.25) is 0 Å². The van der Waals surface area contributed by atoms with Crippen LogP contribution in [0.3, 0.4) is 0 Å². The topological polar surface area (TPSA) is 113 Å². The third-order valence-corrected chi connectivity index (χ3v) is 5.33. The Morgan fingerprint density at radius 2 is 1.78 bits per heavy atom. The lowest BCUT2D eigenvalue weighted by atomic mass is 10.1. The number of amides is 1. The molecule has 4 heterocycles. The minimum absolute atomic E-state index is 0.312. The molecule has 0 bridgehead atoms. The maximum atomic E-state index is 13.3. The molecule has 0 spiro atoms. The molecule has 1 saturated heterocycles. The Bertz CT molecular complexity index is 1260. The minimum Gasteiger partial charge on any atom is -0.465 e. The van der Waals surface area contributed by atoms with E-state index < -0.39 is 6.09 Å². The summed E-state index contributed by atoms with van der Waals surface area (Å²) < 4.78 is 15.0. The Hall–Kier alpha value is -4.15. The highest BCUT2D eigenvalue weighted by atomic mass is 19.1. The summed E-state index contributed by atoms with van der Waals surface area (Å²) in [7, 11) is 0. The third kappa shape index (κ3) is 3.92. The van der Waals surface area contributed by atoms with Gasteiger partial charge in [0.15, 0.2) is 11.6 Å². The summed E-state index contributed by atoms with van der Waals surface area (Å²) in [6.45, 7) is 2.07. The molecule has 1 aromatic carbocycles. The fraction of sp³-hybridized carbons (Fsp3) is 0.238. The van der Waals surface area contributed by atoms with Crippen molar-refractivity contribution in [1.82, 2.24) is 34.6 Å². The molecule has 4 aromatic rings. The Labute approximate surface area is 182 Å². The molecule has 10 nitrogen and oxygen atoms in total. The van der Waals surface area contributed by atoms with Gasteiger partial charge in [-0.25, -0.2) is 33.8 Å². The first-order chi connectivity index (χ1) is 15.6. The van der Waals surface area contributed by atoms with Crippen LogP contribution in [0.4, 0.5) is 15.0 Å². The van der Waals surface area contributed by atoms with E-state index in [1.807, 2.05) is 17.0 Å². The zero-order valence-electron chi connectivity index (χ0n) is 17.0. The van der Waals surface area contributed by atoms with E-state index in [4.69, 9.17) is 9.97 Å². The summed E-state index contributed by atoms with van der Waals surface area (Å²) in [5.74, 6) is 0.877. The van der Waals surface area contributed by atoms with Crippen molar-refractivity contribution in [1.29, 1.82) is 0 Å². The Balaban J connectivity index is 1.57. The SMILES string of the molecule is O=C(O)N1CCN(c2nc(Cn3cncn3)nc3ccc(-c4ccc(F)cc4)nc23)CC1. The van der Waals surface area contributed by atoms with Crippen LogP contribution in [0.1, 0.15) is 5.82 Å². The molecule has 1 fully saturated rings. The predicted octanol–water partition coefficient (Wildman–Crippen LogP) is 2.27. The van der Waals surface area contributed by atoms with Gasteiger partial charge in [-0.1, -0.05) is 0 Å². The molecule has 3 aromatic heterocycles. The van der Waals surface area contributed by atoms with Crippen LogP contribution in [0, 0.1) is 5.82 Å². The number of pyridine rings is 1. The highest BCUT2D eigenvalue weighted by Crippen LogP contribution is 2.27. The van der Waals surface area contributed by atoms with Gasteiger partial charge in [0.1, 0.15) is 30.5 Å². The van der Waals surface area contributed by atoms with Crippen molar-refractivity contribution in [3.05, 3.63) is 60.7 Å². The maximum absolute atomic E-state index is 13.3. The van der Waals surface area contributed by atoms with Gasteiger partial charge >= 0.3 is 6.09 Å². The highest BCUT2D eigenvalue weighted by Gasteiger charge is 2.24. The van der Waals surface area contributed by atoms with E-state index in [-0.39, 0.29) is 5.82 Å². The molecule has 11 heteroatoms. The summed E-state index contributed by atoms with van der Waals surface area (Å²) in [5.41, 5.74) is 2.73. The van der Waals surface area contributed by atoms with Crippen LogP contribution in [0.15, 0.2) is 49.1 Å². The van der Waals surface area contributed by atoms with Gasteiger partial charge < -0.3 is 14.9 Å². The molecule has 0 atom stereocenters. The number of rotatable bonds is 4. The molecule has 0 unspecified atom stereocenters. The normalized spacial score (nSPS) is 14.2. The molecule has 162 valence electrons. The first kappa shape index (κ1) is 19.8. The zero-order chi connectivity index (χ0) is 22.1. The lowest BCUT2D eigenvalue weighted by molar-refractivity contribution is 0.142. The highest BCUT2D eigenvalue weighted by molar-refractivity contribution is 5.88. The molecule has 1 aliphatic heterocycles. The molecule has 32 heavy (non-hydrogen) atoms. The van der Waals surface area contributed by atoms with Gasteiger partial charge in [0, 0.05) is 31.7 Å². The lowest BCUT2D eigenvalue weighted by Gasteiger charge is -2.34. The number of nitrogens with zero attached hydrogens (tertiary/aromatic N) is 8. The van der Waals surface area contributed by atoms with Crippen molar-refractivity contribution < 1.29 is 14.3 Å². The summed E-state index contributed by atoms with van der Waals surface area (Å²) in [4.78, 5) is 32.8. The van der Waals surface area contributed by atoms with Crippen LogP contribution in [-0.4, -0.2) is 72.0 Å².